The monoisotopic (exact) mass is 834 g/mol. The molecule has 1 saturated carbocycles. The van der Waals surface area contributed by atoms with Crippen molar-refractivity contribution in [1.29, 1.82) is 0 Å². The Morgan fingerprint density at radius 1 is 0.912 bits per heavy atom. The molecule has 6 unspecified atom stereocenters. The predicted octanol–water partition coefficient (Wildman–Crippen LogP) is 8.96. The van der Waals surface area contributed by atoms with E-state index >= 15 is 4.79 Å². The van der Waals surface area contributed by atoms with Crippen LogP contribution in [0.4, 0.5) is 24.7 Å². The summed E-state index contributed by atoms with van der Waals surface area (Å²) < 4.78 is 47.2. The summed E-state index contributed by atoms with van der Waals surface area (Å²) in [5.41, 5.74) is 0.453. The van der Waals surface area contributed by atoms with E-state index < -0.39 is 76.5 Å². The summed E-state index contributed by atoms with van der Waals surface area (Å²) in [4.78, 5) is 61.2. The van der Waals surface area contributed by atoms with Gasteiger partial charge in [0, 0.05) is 39.3 Å². The molecule has 2 aliphatic carbocycles. The predicted molar refractivity (Wildman–Crippen MR) is 207 cm³/mol. The molecular weight excluding hydrogens is 804 g/mol. The van der Waals surface area contributed by atoms with Crippen molar-refractivity contribution < 1.29 is 42.2 Å². The fourth-order valence-corrected chi connectivity index (χ4v) is 11.0. The van der Waals surface area contributed by atoms with Gasteiger partial charge in [0.1, 0.15) is 23.0 Å². The van der Waals surface area contributed by atoms with Crippen LogP contribution in [0.15, 0.2) is 78.4 Å². The lowest BCUT2D eigenvalue weighted by molar-refractivity contribution is -0.274. The number of anilines is 2. The number of aryl methyl sites for hydroxylation is 2. The summed E-state index contributed by atoms with van der Waals surface area (Å²) in [6.07, 6.45) is -3.26. The maximum atomic E-state index is 15.1. The number of allylic oxidation sites excluding steroid dienone is 2. The quantitative estimate of drug-likeness (QED) is 0.139. The van der Waals surface area contributed by atoms with Gasteiger partial charge in [-0.2, -0.15) is 5.10 Å². The van der Waals surface area contributed by atoms with Crippen LogP contribution in [0.1, 0.15) is 36.8 Å². The molecule has 2 aromatic heterocycles. The van der Waals surface area contributed by atoms with Gasteiger partial charge in [-0.25, -0.2) is 4.90 Å². The first-order valence-electron chi connectivity index (χ1n) is 18.0. The Morgan fingerprint density at radius 3 is 2.35 bits per heavy atom. The SMILES string of the molecule is Cc1c(-c2cc(N3C(=O)C4CC5C(=CCC6C(=O)N(c7ccc(Cl)cc7)C(=O)C65)C(c5cc(OC(F)(F)F)ccc5O)C4(C)C3=O)n(C)n2)sc2ccc(Cl)cc12. The number of amides is 4. The number of hydrogen-bond acceptors (Lipinski definition) is 8. The Hall–Kier alpha value is -5.18. The second-order valence-electron chi connectivity index (χ2n) is 15.1. The van der Waals surface area contributed by atoms with Crippen LogP contribution in [0, 0.1) is 36.0 Å². The van der Waals surface area contributed by atoms with Crippen molar-refractivity contribution in [1.82, 2.24) is 9.78 Å². The maximum absolute atomic E-state index is 15.1. The van der Waals surface area contributed by atoms with E-state index in [1.165, 1.54) is 16.0 Å². The number of carbonyl (C=O) groups excluding carboxylic acids is 4. The van der Waals surface area contributed by atoms with E-state index in [9.17, 15) is 32.7 Å². The zero-order valence-electron chi connectivity index (χ0n) is 30.3. The van der Waals surface area contributed by atoms with Gasteiger partial charge in [-0.3, -0.25) is 28.8 Å². The van der Waals surface area contributed by atoms with Crippen LogP contribution in [0.5, 0.6) is 11.5 Å². The van der Waals surface area contributed by atoms with Gasteiger partial charge in [0.05, 0.1) is 33.7 Å². The van der Waals surface area contributed by atoms with E-state index in [0.29, 0.717) is 27.0 Å². The Kier molecular flexibility index (Phi) is 8.48. The number of aromatic hydroxyl groups is 1. The Morgan fingerprint density at radius 2 is 1.63 bits per heavy atom. The highest BCUT2D eigenvalue weighted by molar-refractivity contribution is 7.22. The van der Waals surface area contributed by atoms with Crippen molar-refractivity contribution >= 4 is 79.8 Å². The third-order valence-corrected chi connectivity index (χ3v) is 13.9. The lowest BCUT2D eigenvalue weighted by Gasteiger charge is -2.49. The number of phenols is 1. The molecular formula is C41H31Cl2F3N4O6S. The zero-order valence-corrected chi connectivity index (χ0v) is 32.6. The molecule has 57 heavy (non-hydrogen) atoms. The molecule has 0 bridgehead atoms. The molecule has 9 rings (SSSR count). The molecule has 2 aliphatic heterocycles. The second-order valence-corrected chi connectivity index (χ2v) is 17.1. The van der Waals surface area contributed by atoms with E-state index in [1.807, 2.05) is 19.1 Å². The van der Waals surface area contributed by atoms with Crippen LogP contribution in [0.3, 0.4) is 0 Å². The minimum absolute atomic E-state index is 0.0189. The molecule has 0 spiro atoms. The van der Waals surface area contributed by atoms with Crippen molar-refractivity contribution in [3.63, 3.8) is 0 Å². The number of rotatable bonds is 5. The third kappa shape index (κ3) is 5.62. The lowest BCUT2D eigenvalue weighted by Crippen LogP contribution is -2.49. The number of aromatic nitrogens is 2. The van der Waals surface area contributed by atoms with E-state index in [0.717, 1.165) is 48.5 Å². The number of imide groups is 2. The van der Waals surface area contributed by atoms with Crippen LogP contribution in [0.2, 0.25) is 10.0 Å². The number of phenolic OH excluding ortho intramolecular Hbond substituents is 1. The average molecular weight is 836 g/mol. The average Bonchev–Trinajstić information content (AvgIpc) is 3.82. The van der Waals surface area contributed by atoms with Gasteiger partial charge in [-0.1, -0.05) is 34.9 Å². The zero-order chi connectivity index (χ0) is 40.5. The van der Waals surface area contributed by atoms with E-state index in [2.05, 4.69) is 4.74 Å². The van der Waals surface area contributed by atoms with Crippen molar-refractivity contribution in [2.45, 2.75) is 39.0 Å². The van der Waals surface area contributed by atoms with E-state index in [1.54, 1.807) is 56.4 Å². The van der Waals surface area contributed by atoms with E-state index in [-0.39, 0.29) is 24.2 Å². The minimum atomic E-state index is -5.07. The molecule has 4 amide bonds. The molecule has 16 heteroatoms. The fraction of sp³-hybridized carbons (Fsp3) is 0.293. The first-order valence-corrected chi connectivity index (χ1v) is 19.6. The Balaban J connectivity index is 1.17. The van der Waals surface area contributed by atoms with Gasteiger partial charge >= 0.3 is 6.36 Å². The third-order valence-electron chi connectivity index (χ3n) is 12.1. The van der Waals surface area contributed by atoms with Gasteiger partial charge in [-0.15, -0.1) is 24.5 Å². The largest absolute Gasteiger partial charge is 0.573 e. The number of nitrogens with zero attached hydrogens (tertiary/aromatic N) is 4. The van der Waals surface area contributed by atoms with Crippen molar-refractivity contribution in [2.75, 3.05) is 9.80 Å². The summed E-state index contributed by atoms with van der Waals surface area (Å²) in [5, 5.41) is 18.0. The molecule has 4 heterocycles. The smallest absolute Gasteiger partial charge is 0.508 e. The van der Waals surface area contributed by atoms with Crippen LogP contribution in [-0.4, -0.2) is 44.9 Å². The summed E-state index contributed by atoms with van der Waals surface area (Å²) in [7, 11) is 1.60. The first-order chi connectivity index (χ1) is 27.0. The summed E-state index contributed by atoms with van der Waals surface area (Å²) in [5.74, 6) is -7.98. The Bertz CT molecular complexity index is 2620. The van der Waals surface area contributed by atoms with Gasteiger partial charge in [0.15, 0.2) is 0 Å². The molecule has 0 radical (unpaired) electrons. The molecule has 6 atom stereocenters. The highest BCUT2D eigenvalue weighted by atomic mass is 35.5. The number of hydrogen-bond donors (Lipinski definition) is 1. The van der Waals surface area contributed by atoms with Gasteiger partial charge < -0.3 is 9.84 Å². The topological polar surface area (TPSA) is 122 Å². The maximum Gasteiger partial charge on any atom is 0.573 e. The first kappa shape index (κ1) is 37.4. The number of carbonyl (C=O) groups is 4. The number of thiophene rings is 1. The molecule has 4 aliphatic rings. The summed E-state index contributed by atoms with van der Waals surface area (Å²) in [6.45, 7) is 3.50. The standard InChI is InChI=1S/C41H31Cl2F3N4O6S/c1-18-25-14-20(43)6-13-31(25)57-35(18)29-17-32(48(3)47-29)50-37(53)28-16-26-23(10-11-24-33(26)38(54)49(36(24)52)21-7-4-19(42)5-8-21)34(40(28,2)39(50)55)27-15-22(9-12-30(27)51)56-41(44,45)46/h4-10,12-15,17,24,26,28,33-34,51H,11,16H2,1-3H3. The normalized spacial score (nSPS) is 25.9. The van der Waals surface area contributed by atoms with Crippen molar-refractivity contribution in [3.05, 3.63) is 99.6 Å². The fourth-order valence-electron chi connectivity index (χ4n) is 9.60. The van der Waals surface area contributed by atoms with Crippen molar-refractivity contribution in [3.8, 4) is 22.1 Å². The number of fused-ring (bicyclic) bond motifs is 5. The molecule has 1 N–H and O–H groups in total. The molecule has 3 aromatic carbocycles. The van der Waals surface area contributed by atoms with Crippen LogP contribution in [0.25, 0.3) is 20.7 Å². The Labute approximate surface area is 337 Å². The van der Waals surface area contributed by atoms with Crippen molar-refractivity contribution in [2.24, 2.45) is 36.1 Å². The second kappa shape index (κ2) is 12.9. The number of halogens is 5. The lowest BCUT2D eigenvalue weighted by atomic mass is 9.51. The molecule has 10 nitrogen and oxygen atoms in total. The highest BCUT2D eigenvalue weighted by Crippen LogP contribution is 2.65. The molecule has 292 valence electrons. The van der Waals surface area contributed by atoms with Gasteiger partial charge in [0.25, 0.3) is 0 Å². The highest BCUT2D eigenvalue weighted by Gasteiger charge is 2.68. The number of ether oxygens (including phenoxy) is 1. The number of alkyl halides is 3. The molecule has 2 saturated heterocycles. The molecule has 3 fully saturated rings. The minimum Gasteiger partial charge on any atom is -0.508 e. The summed E-state index contributed by atoms with van der Waals surface area (Å²) >= 11 is 13.9. The van der Waals surface area contributed by atoms with Gasteiger partial charge in [-0.05, 0) is 104 Å². The summed E-state index contributed by atoms with van der Waals surface area (Å²) in [6, 6.07) is 16.4. The molecule has 5 aromatic rings. The number of benzene rings is 3. The van der Waals surface area contributed by atoms with Crippen LogP contribution in [-0.2, 0) is 26.2 Å². The van der Waals surface area contributed by atoms with E-state index in [4.69, 9.17) is 28.3 Å². The van der Waals surface area contributed by atoms with Gasteiger partial charge in [0.2, 0.25) is 23.6 Å². The van der Waals surface area contributed by atoms with Crippen LogP contribution >= 0.6 is 34.5 Å². The van der Waals surface area contributed by atoms with Crippen LogP contribution < -0.4 is 14.5 Å².